The average Bonchev–Trinajstić information content (AvgIpc) is 2.65. The monoisotopic (exact) mass is 249 g/mol. The molecule has 0 aliphatic carbocycles. The minimum absolute atomic E-state index is 0.131. The molecule has 2 atom stereocenters. The number of hydrogen-bond acceptors (Lipinski definition) is 4. The fraction of sp³-hybridized carbons (Fsp3) is 1.00. The SMILES string of the molecule is CCCNCCCS(=O)(=O)C1CCOC1C. The second-order valence-corrected chi connectivity index (χ2v) is 6.71. The molecule has 0 saturated carbocycles. The Balaban J connectivity index is 2.29. The van der Waals surface area contributed by atoms with Crippen molar-refractivity contribution in [1.82, 2.24) is 5.32 Å². The molecule has 1 N–H and O–H groups in total. The number of sulfone groups is 1. The molecule has 96 valence electrons. The van der Waals surface area contributed by atoms with E-state index in [4.69, 9.17) is 4.74 Å². The van der Waals surface area contributed by atoms with Gasteiger partial charge in [0.1, 0.15) is 0 Å². The zero-order valence-corrected chi connectivity index (χ0v) is 11.1. The molecular formula is C11H23NO3S. The van der Waals surface area contributed by atoms with Crippen LogP contribution < -0.4 is 5.32 Å². The first kappa shape index (κ1) is 13.9. The van der Waals surface area contributed by atoms with Crippen LogP contribution in [0.5, 0.6) is 0 Å². The van der Waals surface area contributed by atoms with Crippen LogP contribution in [0.4, 0.5) is 0 Å². The Morgan fingerprint density at radius 2 is 2.12 bits per heavy atom. The van der Waals surface area contributed by atoms with E-state index in [0.29, 0.717) is 19.4 Å². The van der Waals surface area contributed by atoms with E-state index in [-0.39, 0.29) is 17.1 Å². The van der Waals surface area contributed by atoms with Crippen LogP contribution >= 0.6 is 0 Å². The summed E-state index contributed by atoms with van der Waals surface area (Å²) in [7, 11) is -2.96. The Hall–Kier alpha value is -0.130. The summed E-state index contributed by atoms with van der Waals surface area (Å²) < 4.78 is 29.2. The molecule has 0 bridgehead atoms. The van der Waals surface area contributed by atoms with Gasteiger partial charge in [0.15, 0.2) is 9.84 Å². The normalized spacial score (nSPS) is 26.1. The van der Waals surface area contributed by atoms with E-state index in [1.807, 2.05) is 6.92 Å². The van der Waals surface area contributed by atoms with Crippen molar-refractivity contribution in [3.05, 3.63) is 0 Å². The standard InChI is InChI=1S/C11H23NO3S/c1-3-6-12-7-4-9-16(13,14)11-5-8-15-10(11)2/h10-12H,3-9H2,1-2H3. The van der Waals surface area contributed by atoms with Crippen molar-refractivity contribution in [2.24, 2.45) is 0 Å². The number of hydrogen-bond donors (Lipinski definition) is 1. The van der Waals surface area contributed by atoms with Crippen LogP contribution in [0.1, 0.15) is 33.1 Å². The summed E-state index contributed by atoms with van der Waals surface area (Å²) in [6.07, 6.45) is 2.31. The first-order valence-electron chi connectivity index (χ1n) is 6.12. The van der Waals surface area contributed by atoms with Crippen molar-refractivity contribution < 1.29 is 13.2 Å². The minimum atomic E-state index is -2.96. The van der Waals surface area contributed by atoms with Gasteiger partial charge in [-0.2, -0.15) is 0 Å². The lowest BCUT2D eigenvalue weighted by atomic mass is 10.3. The van der Waals surface area contributed by atoms with E-state index in [9.17, 15) is 8.42 Å². The third-order valence-electron chi connectivity index (χ3n) is 2.98. The summed E-state index contributed by atoms with van der Waals surface area (Å²) >= 11 is 0. The molecule has 1 saturated heterocycles. The molecule has 0 amide bonds. The summed E-state index contributed by atoms with van der Waals surface area (Å²) in [5.74, 6) is 0.280. The maximum Gasteiger partial charge on any atom is 0.155 e. The topological polar surface area (TPSA) is 55.4 Å². The number of rotatable bonds is 7. The number of ether oxygens (including phenoxy) is 1. The molecule has 1 aliphatic heterocycles. The Bertz CT molecular complexity index is 290. The predicted molar refractivity (Wildman–Crippen MR) is 65.4 cm³/mol. The summed E-state index contributed by atoms with van der Waals surface area (Å²) in [6.45, 7) is 6.28. The van der Waals surface area contributed by atoms with Gasteiger partial charge in [0, 0.05) is 6.61 Å². The number of nitrogens with one attached hydrogen (secondary N) is 1. The maximum absolute atomic E-state index is 12.0. The molecule has 4 nitrogen and oxygen atoms in total. The lowest BCUT2D eigenvalue weighted by Gasteiger charge is -2.14. The highest BCUT2D eigenvalue weighted by atomic mass is 32.2. The highest BCUT2D eigenvalue weighted by Crippen LogP contribution is 2.21. The third kappa shape index (κ3) is 4.03. The minimum Gasteiger partial charge on any atom is -0.377 e. The van der Waals surface area contributed by atoms with E-state index >= 15 is 0 Å². The van der Waals surface area contributed by atoms with Crippen molar-refractivity contribution in [2.45, 2.75) is 44.5 Å². The molecule has 1 rings (SSSR count). The maximum atomic E-state index is 12.0. The van der Waals surface area contributed by atoms with Crippen LogP contribution in [0.15, 0.2) is 0 Å². The first-order valence-corrected chi connectivity index (χ1v) is 7.83. The van der Waals surface area contributed by atoms with Gasteiger partial charge in [0.2, 0.25) is 0 Å². The highest BCUT2D eigenvalue weighted by molar-refractivity contribution is 7.92. The van der Waals surface area contributed by atoms with Gasteiger partial charge in [0.25, 0.3) is 0 Å². The van der Waals surface area contributed by atoms with E-state index in [0.717, 1.165) is 19.5 Å². The molecule has 0 aromatic carbocycles. The van der Waals surface area contributed by atoms with Crippen molar-refractivity contribution in [2.75, 3.05) is 25.4 Å². The zero-order chi connectivity index (χ0) is 12.0. The van der Waals surface area contributed by atoms with Gasteiger partial charge in [-0.05, 0) is 39.3 Å². The fourth-order valence-corrected chi connectivity index (χ4v) is 4.00. The van der Waals surface area contributed by atoms with E-state index in [2.05, 4.69) is 12.2 Å². The molecule has 1 heterocycles. The summed E-state index contributed by atoms with van der Waals surface area (Å²) in [5, 5.41) is 2.93. The van der Waals surface area contributed by atoms with Gasteiger partial charge in [0.05, 0.1) is 17.1 Å². The molecule has 16 heavy (non-hydrogen) atoms. The molecule has 0 spiro atoms. The Labute approximate surface area is 98.7 Å². The second kappa shape index (κ2) is 6.57. The predicted octanol–water partition coefficient (Wildman–Crippen LogP) is 0.968. The van der Waals surface area contributed by atoms with Gasteiger partial charge in [-0.1, -0.05) is 6.92 Å². The van der Waals surface area contributed by atoms with E-state index < -0.39 is 9.84 Å². The van der Waals surface area contributed by atoms with Crippen molar-refractivity contribution in [3.63, 3.8) is 0 Å². The Kier molecular flexibility index (Phi) is 5.72. The molecule has 0 aromatic rings. The van der Waals surface area contributed by atoms with Gasteiger partial charge >= 0.3 is 0 Å². The fourth-order valence-electron chi connectivity index (χ4n) is 2.04. The summed E-state index contributed by atoms with van der Waals surface area (Å²) in [5.41, 5.74) is 0. The third-order valence-corrected chi connectivity index (χ3v) is 5.38. The van der Waals surface area contributed by atoms with Gasteiger partial charge < -0.3 is 10.1 Å². The molecule has 5 heteroatoms. The molecule has 1 fully saturated rings. The molecule has 0 radical (unpaired) electrons. The van der Waals surface area contributed by atoms with Crippen molar-refractivity contribution in [1.29, 1.82) is 0 Å². The van der Waals surface area contributed by atoms with Crippen LogP contribution in [-0.4, -0.2) is 45.2 Å². The van der Waals surface area contributed by atoms with Gasteiger partial charge in [-0.15, -0.1) is 0 Å². The van der Waals surface area contributed by atoms with Crippen LogP contribution in [0, 0.1) is 0 Å². The van der Waals surface area contributed by atoms with Crippen LogP contribution in [0.2, 0.25) is 0 Å². The average molecular weight is 249 g/mol. The summed E-state index contributed by atoms with van der Waals surface area (Å²) in [6, 6.07) is 0. The lowest BCUT2D eigenvalue weighted by molar-refractivity contribution is 0.126. The van der Waals surface area contributed by atoms with Crippen molar-refractivity contribution in [3.8, 4) is 0 Å². The quantitative estimate of drug-likeness (QED) is 0.683. The smallest absolute Gasteiger partial charge is 0.155 e. The zero-order valence-electron chi connectivity index (χ0n) is 10.2. The van der Waals surface area contributed by atoms with Crippen LogP contribution in [-0.2, 0) is 14.6 Å². The van der Waals surface area contributed by atoms with E-state index in [1.165, 1.54) is 0 Å². The summed E-state index contributed by atoms with van der Waals surface area (Å²) in [4.78, 5) is 0. The van der Waals surface area contributed by atoms with E-state index in [1.54, 1.807) is 0 Å². The second-order valence-electron chi connectivity index (χ2n) is 4.37. The van der Waals surface area contributed by atoms with Gasteiger partial charge in [-0.25, -0.2) is 8.42 Å². The van der Waals surface area contributed by atoms with Crippen LogP contribution in [0.25, 0.3) is 0 Å². The largest absolute Gasteiger partial charge is 0.377 e. The highest BCUT2D eigenvalue weighted by Gasteiger charge is 2.34. The van der Waals surface area contributed by atoms with Gasteiger partial charge in [-0.3, -0.25) is 0 Å². The molecular weight excluding hydrogens is 226 g/mol. The molecule has 2 unspecified atom stereocenters. The van der Waals surface area contributed by atoms with Crippen LogP contribution in [0.3, 0.4) is 0 Å². The molecule has 0 aromatic heterocycles. The lowest BCUT2D eigenvalue weighted by Crippen LogP contribution is -2.31. The first-order chi connectivity index (χ1) is 7.58. The Morgan fingerprint density at radius 1 is 1.38 bits per heavy atom. The Morgan fingerprint density at radius 3 is 2.69 bits per heavy atom. The van der Waals surface area contributed by atoms with Crippen molar-refractivity contribution >= 4 is 9.84 Å². The molecule has 1 aliphatic rings.